The van der Waals surface area contributed by atoms with Gasteiger partial charge in [0, 0.05) is 36.8 Å². The van der Waals surface area contributed by atoms with Crippen molar-refractivity contribution >= 4 is 23.4 Å². The summed E-state index contributed by atoms with van der Waals surface area (Å²) >= 11 is 5.80. The van der Waals surface area contributed by atoms with Crippen molar-refractivity contribution in [1.82, 2.24) is 9.80 Å². The van der Waals surface area contributed by atoms with Gasteiger partial charge < -0.3 is 14.9 Å². The lowest BCUT2D eigenvalue weighted by atomic mass is 9.98. The number of hydrogen-bond acceptors (Lipinski definition) is 3. The number of carbonyl (C=O) groups excluding carboxylic acids is 2. The lowest BCUT2D eigenvalue weighted by Gasteiger charge is -2.39. The summed E-state index contributed by atoms with van der Waals surface area (Å²) in [6.07, 6.45) is -4.38. The number of benzene rings is 1. The summed E-state index contributed by atoms with van der Waals surface area (Å²) in [5.74, 6) is -1.59. The fraction of sp³-hybridized carbons (Fsp3) is 0.529. The standard InChI is InChI=1S/C17H20ClF3N2O3/c1-16(26,17(19,20)21)15(25)23-9-7-13(8-10-23)22(2)14(24)11-3-5-12(18)6-4-11/h3-6,13,26H,7-10H2,1-2H3. The molecule has 2 rings (SSSR count). The Labute approximate surface area is 154 Å². The van der Waals surface area contributed by atoms with Crippen LogP contribution >= 0.6 is 11.6 Å². The molecule has 144 valence electrons. The van der Waals surface area contributed by atoms with E-state index < -0.39 is 17.7 Å². The first kappa shape index (κ1) is 20.5. The molecular formula is C17H20ClF3N2O3. The van der Waals surface area contributed by atoms with Gasteiger partial charge in [-0.05, 0) is 44.0 Å². The van der Waals surface area contributed by atoms with E-state index in [1.807, 2.05) is 0 Å². The molecular weight excluding hydrogens is 373 g/mol. The minimum atomic E-state index is -5.04. The van der Waals surface area contributed by atoms with E-state index in [0.717, 1.165) is 4.90 Å². The molecule has 1 aromatic carbocycles. The van der Waals surface area contributed by atoms with Gasteiger partial charge in [-0.2, -0.15) is 13.2 Å². The average molecular weight is 393 g/mol. The molecule has 0 bridgehead atoms. The fourth-order valence-corrected chi connectivity index (χ4v) is 2.97. The highest BCUT2D eigenvalue weighted by Crippen LogP contribution is 2.32. The molecule has 5 nitrogen and oxygen atoms in total. The molecule has 1 heterocycles. The molecule has 1 saturated heterocycles. The number of aliphatic hydroxyl groups is 1. The highest BCUT2D eigenvalue weighted by molar-refractivity contribution is 6.30. The second kappa shape index (κ2) is 7.44. The third kappa shape index (κ3) is 4.12. The number of hydrogen-bond donors (Lipinski definition) is 1. The predicted molar refractivity (Wildman–Crippen MR) is 89.8 cm³/mol. The van der Waals surface area contributed by atoms with Gasteiger partial charge in [-0.15, -0.1) is 0 Å². The zero-order chi connectivity index (χ0) is 19.7. The summed E-state index contributed by atoms with van der Waals surface area (Å²) in [4.78, 5) is 27.0. The van der Waals surface area contributed by atoms with Crippen molar-refractivity contribution in [2.24, 2.45) is 0 Å². The summed E-state index contributed by atoms with van der Waals surface area (Å²) in [5.41, 5.74) is -2.96. The number of carbonyl (C=O) groups is 2. The molecule has 26 heavy (non-hydrogen) atoms. The molecule has 0 aromatic heterocycles. The van der Waals surface area contributed by atoms with Gasteiger partial charge >= 0.3 is 6.18 Å². The van der Waals surface area contributed by atoms with Crippen LogP contribution in [0.1, 0.15) is 30.1 Å². The molecule has 0 radical (unpaired) electrons. The first-order valence-corrected chi connectivity index (χ1v) is 8.44. The van der Waals surface area contributed by atoms with E-state index in [1.54, 1.807) is 31.3 Å². The topological polar surface area (TPSA) is 60.9 Å². The number of halogens is 4. The fourth-order valence-electron chi connectivity index (χ4n) is 2.85. The number of piperidine rings is 1. The van der Waals surface area contributed by atoms with E-state index in [-0.39, 0.29) is 25.0 Å². The van der Waals surface area contributed by atoms with Gasteiger partial charge in [-0.25, -0.2) is 0 Å². The van der Waals surface area contributed by atoms with Crippen molar-refractivity contribution in [3.05, 3.63) is 34.9 Å². The Balaban J connectivity index is 1.98. The van der Waals surface area contributed by atoms with Gasteiger partial charge in [-0.3, -0.25) is 9.59 Å². The van der Waals surface area contributed by atoms with Gasteiger partial charge in [0.25, 0.3) is 11.8 Å². The molecule has 1 fully saturated rings. The third-order valence-electron chi connectivity index (χ3n) is 4.68. The number of rotatable bonds is 3. The lowest BCUT2D eigenvalue weighted by Crippen LogP contribution is -2.58. The van der Waals surface area contributed by atoms with Gasteiger partial charge in [0.15, 0.2) is 0 Å². The zero-order valence-electron chi connectivity index (χ0n) is 14.4. The predicted octanol–water partition coefficient (Wildman–Crippen LogP) is 2.72. The van der Waals surface area contributed by atoms with Crippen LogP contribution in [0.25, 0.3) is 0 Å². The first-order chi connectivity index (χ1) is 11.9. The summed E-state index contributed by atoms with van der Waals surface area (Å²) in [6.45, 7) is 0.527. The lowest BCUT2D eigenvalue weighted by molar-refractivity contribution is -0.250. The normalized spacial score (nSPS) is 18.3. The van der Waals surface area contributed by atoms with Crippen LogP contribution in [0.5, 0.6) is 0 Å². The van der Waals surface area contributed by atoms with Crippen LogP contribution in [0.15, 0.2) is 24.3 Å². The second-order valence-electron chi connectivity index (χ2n) is 6.52. The van der Waals surface area contributed by atoms with E-state index in [0.29, 0.717) is 30.4 Å². The molecule has 0 saturated carbocycles. The minimum Gasteiger partial charge on any atom is -0.373 e. The van der Waals surface area contributed by atoms with Crippen LogP contribution in [0.4, 0.5) is 13.2 Å². The molecule has 1 unspecified atom stereocenters. The first-order valence-electron chi connectivity index (χ1n) is 8.06. The van der Waals surface area contributed by atoms with E-state index in [1.165, 1.54) is 4.90 Å². The van der Waals surface area contributed by atoms with Crippen LogP contribution in [0.3, 0.4) is 0 Å². The third-order valence-corrected chi connectivity index (χ3v) is 4.93. The average Bonchev–Trinajstić information content (AvgIpc) is 2.59. The Bertz CT molecular complexity index is 669. The van der Waals surface area contributed by atoms with Crippen molar-refractivity contribution in [2.45, 2.75) is 37.6 Å². The highest BCUT2D eigenvalue weighted by Gasteiger charge is 2.57. The summed E-state index contributed by atoms with van der Waals surface area (Å²) in [7, 11) is 1.62. The highest BCUT2D eigenvalue weighted by atomic mass is 35.5. The quantitative estimate of drug-likeness (QED) is 0.860. The minimum absolute atomic E-state index is 0.0357. The largest absolute Gasteiger partial charge is 0.426 e. The molecule has 9 heteroatoms. The molecule has 1 atom stereocenters. The van der Waals surface area contributed by atoms with E-state index in [9.17, 15) is 27.9 Å². The van der Waals surface area contributed by atoms with E-state index in [4.69, 9.17) is 11.6 Å². The van der Waals surface area contributed by atoms with Gasteiger partial charge in [0.05, 0.1) is 0 Å². The maximum Gasteiger partial charge on any atom is 0.426 e. The zero-order valence-corrected chi connectivity index (χ0v) is 15.1. The van der Waals surface area contributed by atoms with Gasteiger partial charge in [-0.1, -0.05) is 11.6 Å². The molecule has 1 N–H and O–H groups in total. The van der Waals surface area contributed by atoms with Gasteiger partial charge in [0.2, 0.25) is 5.60 Å². The van der Waals surface area contributed by atoms with Crippen LogP contribution in [-0.2, 0) is 4.79 Å². The van der Waals surface area contributed by atoms with Crippen LogP contribution < -0.4 is 0 Å². The number of amides is 2. The summed E-state index contributed by atoms with van der Waals surface area (Å²) in [5, 5.41) is 10.0. The summed E-state index contributed by atoms with van der Waals surface area (Å²) in [6, 6.07) is 6.19. The Kier molecular flexibility index (Phi) is 5.87. The van der Waals surface area contributed by atoms with Crippen molar-refractivity contribution in [2.75, 3.05) is 20.1 Å². The molecule has 1 aromatic rings. The number of nitrogens with zero attached hydrogens (tertiary/aromatic N) is 2. The number of likely N-dealkylation sites (tertiary alicyclic amines) is 1. The van der Waals surface area contributed by atoms with Crippen molar-refractivity contribution in [1.29, 1.82) is 0 Å². The van der Waals surface area contributed by atoms with Crippen molar-refractivity contribution < 1.29 is 27.9 Å². The Hall–Kier alpha value is -1.80. The Morgan fingerprint density at radius 3 is 2.15 bits per heavy atom. The maximum atomic E-state index is 12.8. The van der Waals surface area contributed by atoms with Crippen LogP contribution in [0, 0.1) is 0 Å². The summed E-state index contributed by atoms with van der Waals surface area (Å²) < 4.78 is 38.4. The van der Waals surface area contributed by atoms with E-state index >= 15 is 0 Å². The molecule has 1 aliphatic heterocycles. The van der Waals surface area contributed by atoms with Crippen molar-refractivity contribution in [3.8, 4) is 0 Å². The van der Waals surface area contributed by atoms with Gasteiger partial charge in [0.1, 0.15) is 0 Å². The SMILES string of the molecule is CN(C(=O)c1ccc(Cl)cc1)C1CCN(C(=O)C(C)(O)C(F)(F)F)CC1. The molecule has 0 aliphatic carbocycles. The monoisotopic (exact) mass is 392 g/mol. The van der Waals surface area contributed by atoms with Crippen LogP contribution in [-0.4, -0.2) is 64.7 Å². The number of alkyl halides is 3. The Morgan fingerprint density at radius 1 is 1.19 bits per heavy atom. The van der Waals surface area contributed by atoms with E-state index in [2.05, 4.69) is 0 Å². The molecule has 1 aliphatic rings. The van der Waals surface area contributed by atoms with Crippen LogP contribution in [0.2, 0.25) is 5.02 Å². The molecule has 2 amide bonds. The smallest absolute Gasteiger partial charge is 0.373 e. The Morgan fingerprint density at radius 2 is 1.69 bits per heavy atom. The maximum absolute atomic E-state index is 12.8. The molecule has 0 spiro atoms. The second-order valence-corrected chi connectivity index (χ2v) is 6.95. The van der Waals surface area contributed by atoms with Crippen molar-refractivity contribution in [3.63, 3.8) is 0 Å².